The molecule has 0 saturated carbocycles. The molecule has 4 rings (SSSR count). The monoisotopic (exact) mass is 442 g/mol. The number of hydrogen-bond acceptors (Lipinski definition) is 4. The lowest BCUT2D eigenvalue weighted by molar-refractivity contribution is 0.0986. The van der Waals surface area contributed by atoms with Gasteiger partial charge in [-0.1, -0.05) is 49.1 Å². The molecule has 33 heavy (non-hydrogen) atoms. The summed E-state index contributed by atoms with van der Waals surface area (Å²) in [5.74, 6) is 0.0380. The molecule has 1 aliphatic heterocycles. The molecule has 2 heterocycles. The molecule has 5 nitrogen and oxygen atoms in total. The van der Waals surface area contributed by atoms with Gasteiger partial charge in [0.25, 0.3) is 5.91 Å². The van der Waals surface area contributed by atoms with E-state index in [1.807, 2.05) is 4.90 Å². The van der Waals surface area contributed by atoms with Gasteiger partial charge in [-0.15, -0.1) is 0 Å². The Kier molecular flexibility index (Phi) is 8.09. The lowest BCUT2D eigenvalue weighted by Gasteiger charge is -2.27. The van der Waals surface area contributed by atoms with Crippen molar-refractivity contribution < 1.29 is 4.79 Å². The standard InChI is InChI=1S/C28H34N4O/c1-22-7-9-23(10-8-22)20-31-26-11-12-27-25(19-26)21-30-15-5-3-2-4-6-18-32(27)28(33)24-13-16-29-17-14-24/h7-14,16-17,19,30-31H,2-6,15,18,20-21H2,1H3. The SMILES string of the molecule is Cc1ccc(CNc2ccc3c(c2)CNCCCCCCCN3C(=O)c2ccncc2)cc1. The number of nitrogens with zero attached hydrogens (tertiary/aromatic N) is 2. The molecule has 0 atom stereocenters. The summed E-state index contributed by atoms with van der Waals surface area (Å²) in [5.41, 5.74) is 6.40. The minimum absolute atomic E-state index is 0.0380. The van der Waals surface area contributed by atoms with Gasteiger partial charge in [0, 0.05) is 49.0 Å². The fourth-order valence-corrected chi connectivity index (χ4v) is 4.27. The Morgan fingerprint density at radius 3 is 2.55 bits per heavy atom. The minimum Gasteiger partial charge on any atom is -0.381 e. The minimum atomic E-state index is 0.0380. The van der Waals surface area contributed by atoms with Gasteiger partial charge in [-0.3, -0.25) is 9.78 Å². The number of carbonyl (C=O) groups excluding carboxylic acids is 1. The molecule has 1 aliphatic rings. The van der Waals surface area contributed by atoms with E-state index in [1.54, 1.807) is 24.5 Å². The zero-order valence-corrected chi connectivity index (χ0v) is 19.5. The molecule has 0 radical (unpaired) electrons. The van der Waals surface area contributed by atoms with E-state index >= 15 is 0 Å². The summed E-state index contributed by atoms with van der Waals surface area (Å²) in [7, 11) is 0. The van der Waals surface area contributed by atoms with E-state index in [4.69, 9.17) is 0 Å². The quantitative estimate of drug-likeness (QED) is 0.544. The molecule has 3 aromatic rings. The summed E-state index contributed by atoms with van der Waals surface area (Å²) < 4.78 is 0. The van der Waals surface area contributed by atoms with Crippen LogP contribution in [0.3, 0.4) is 0 Å². The van der Waals surface area contributed by atoms with Crippen molar-refractivity contribution in [2.75, 3.05) is 23.3 Å². The van der Waals surface area contributed by atoms with Crippen LogP contribution in [-0.4, -0.2) is 24.0 Å². The van der Waals surface area contributed by atoms with E-state index in [-0.39, 0.29) is 5.91 Å². The molecule has 0 saturated heterocycles. The number of carbonyl (C=O) groups is 1. The second-order valence-electron chi connectivity index (χ2n) is 8.82. The number of fused-ring (bicyclic) bond motifs is 1. The van der Waals surface area contributed by atoms with Gasteiger partial charge >= 0.3 is 0 Å². The number of aryl methyl sites for hydroxylation is 1. The fourth-order valence-electron chi connectivity index (χ4n) is 4.27. The van der Waals surface area contributed by atoms with Crippen LogP contribution < -0.4 is 15.5 Å². The fraction of sp³-hybridized carbons (Fsp3) is 0.357. The van der Waals surface area contributed by atoms with Gasteiger partial charge in [-0.25, -0.2) is 0 Å². The number of benzene rings is 2. The van der Waals surface area contributed by atoms with Gasteiger partial charge in [0.05, 0.1) is 0 Å². The Morgan fingerprint density at radius 1 is 0.970 bits per heavy atom. The van der Waals surface area contributed by atoms with Crippen molar-refractivity contribution in [2.45, 2.75) is 52.1 Å². The summed E-state index contributed by atoms with van der Waals surface area (Å²) in [6.45, 7) is 5.35. The Bertz CT molecular complexity index is 1030. The number of nitrogens with one attached hydrogen (secondary N) is 2. The molecular formula is C28H34N4O. The molecule has 172 valence electrons. The maximum atomic E-state index is 13.5. The predicted molar refractivity (Wildman–Crippen MR) is 136 cm³/mol. The first-order valence-electron chi connectivity index (χ1n) is 12.1. The van der Waals surface area contributed by atoms with E-state index in [9.17, 15) is 4.79 Å². The van der Waals surface area contributed by atoms with E-state index in [0.29, 0.717) is 5.56 Å². The summed E-state index contributed by atoms with van der Waals surface area (Å²) >= 11 is 0. The maximum Gasteiger partial charge on any atom is 0.258 e. The van der Waals surface area contributed by atoms with Gasteiger partial charge in [-0.05, 0) is 67.8 Å². The maximum absolute atomic E-state index is 13.5. The van der Waals surface area contributed by atoms with Crippen LogP contribution in [0.5, 0.6) is 0 Å². The number of hydrogen-bond donors (Lipinski definition) is 2. The largest absolute Gasteiger partial charge is 0.381 e. The molecule has 0 unspecified atom stereocenters. The number of pyridine rings is 1. The molecule has 0 aliphatic carbocycles. The lowest BCUT2D eigenvalue weighted by Crippen LogP contribution is -2.33. The van der Waals surface area contributed by atoms with E-state index in [0.717, 1.165) is 56.0 Å². The van der Waals surface area contributed by atoms with Gasteiger partial charge in [0.1, 0.15) is 0 Å². The normalized spacial score (nSPS) is 15.1. The Morgan fingerprint density at radius 2 is 1.73 bits per heavy atom. The molecule has 5 heteroatoms. The third-order valence-electron chi connectivity index (χ3n) is 6.21. The van der Waals surface area contributed by atoms with Crippen molar-refractivity contribution in [1.29, 1.82) is 0 Å². The first-order chi connectivity index (χ1) is 16.2. The van der Waals surface area contributed by atoms with Crippen LogP contribution in [0.2, 0.25) is 0 Å². The van der Waals surface area contributed by atoms with Crippen molar-refractivity contribution >= 4 is 17.3 Å². The van der Waals surface area contributed by atoms with Crippen LogP contribution in [0, 0.1) is 6.92 Å². The van der Waals surface area contributed by atoms with Crippen LogP contribution >= 0.6 is 0 Å². The topological polar surface area (TPSA) is 57.3 Å². The predicted octanol–water partition coefficient (Wildman–Crippen LogP) is 5.70. The number of amides is 1. The van der Waals surface area contributed by atoms with Crippen molar-refractivity contribution in [3.63, 3.8) is 0 Å². The lowest BCUT2D eigenvalue weighted by atomic mass is 10.1. The third kappa shape index (κ3) is 6.42. The van der Waals surface area contributed by atoms with Crippen LogP contribution in [0.4, 0.5) is 11.4 Å². The van der Waals surface area contributed by atoms with Crippen LogP contribution in [0.1, 0.15) is 59.2 Å². The summed E-state index contributed by atoms with van der Waals surface area (Å²) in [4.78, 5) is 19.5. The Balaban J connectivity index is 1.60. The van der Waals surface area contributed by atoms with Crippen LogP contribution in [-0.2, 0) is 13.1 Å². The van der Waals surface area contributed by atoms with Crippen LogP contribution in [0.25, 0.3) is 0 Å². The van der Waals surface area contributed by atoms with Crippen molar-refractivity contribution in [2.24, 2.45) is 0 Å². The summed E-state index contributed by atoms with van der Waals surface area (Å²) in [6, 6.07) is 18.6. The van der Waals surface area contributed by atoms with E-state index in [1.165, 1.54) is 30.4 Å². The Hall–Kier alpha value is -3.18. The second kappa shape index (κ2) is 11.6. The third-order valence-corrected chi connectivity index (χ3v) is 6.21. The molecule has 0 spiro atoms. The second-order valence-corrected chi connectivity index (χ2v) is 8.82. The van der Waals surface area contributed by atoms with Crippen molar-refractivity contribution in [3.8, 4) is 0 Å². The molecule has 1 aromatic heterocycles. The first kappa shape index (κ1) is 23.0. The van der Waals surface area contributed by atoms with Gasteiger partial charge in [-0.2, -0.15) is 0 Å². The molecular weight excluding hydrogens is 408 g/mol. The number of anilines is 2. The average Bonchev–Trinajstić information content (AvgIpc) is 2.84. The molecule has 2 N–H and O–H groups in total. The highest BCUT2D eigenvalue weighted by Crippen LogP contribution is 2.27. The molecule has 0 bridgehead atoms. The summed E-state index contributed by atoms with van der Waals surface area (Å²) in [5, 5.41) is 7.14. The molecule has 1 amide bonds. The van der Waals surface area contributed by atoms with E-state index in [2.05, 4.69) is 65.0 Å². The zero-order valence-electron chi connectivity index (χ0n) is 19.5. The summed E-state index contributed by atoms with van der Waals surface area (Å²) in [6.07, 6.45) is 9.17. The van der Waals surface area contributed by atoms with Gasteiger partial charge in [0.15, 0.2) is 0 Å². The highest BCUT2D eigenvalue weighted by molar-refractivity contribution is 6.06. The Labute approximate surface area is 197 Å². The highest BCUT2D eigenvalue weighted by Gasteiger charge is 2.20. The average molecular weight is 443 g/mol. The van der Waals surface area contributed by atoms with E-state index < -0.39 is 0 Å². The molecule has 2 aromatic carbocycles. The highest BCUT2D eigenvalue weighted by atomic mass is 16.2. The van der Waals surface area contributed by atoms with Crippen molar-refractivity contribution in [3.05, 3.63) is 89.2 Å². The first-order valence-corrected chi connectivity index (χ1v) is 12.1. The number of aromatic nitrogens is 1. The smallest absolute Gasteiger partial charge is 0.258 e. The number of rotatable bonds is 4. The van der Waals surface area contributed by atoms with Crippen molar-refractivity contribution in [1.82, 2.24) is 10.3 Å². The molecule has 0 fully saturated rings. The van der Waals surface area contributed by atoms with Gasteiger partial charge < -0.3 is 15.5 Å². The zero-order chi connectivity index (χ0) is 22.9. The van der Waals surface area contributed by atoms with Crippen LogP contribution in [0.15, 0.2) is 67.0 Å². The van der Waals surface area contributed by atoms with Gasteiger partial charge in [0.2, 0.25) is 0 Å².